The molecule has 2 aliphatic rings. The van der Waals surface area contributed by atoms with E-state index in [1.165, 1.54) is 11.1 Å². The Hall–Kier alpha value is -2.09. The predicted octanol–water partition coefficient (Wildman–Crippen LogP) is 4.57. The molecule has 6 nitrogen and oxygen atoms in total. The molecule has 1 aromatic heterocycles. The molecule has 2 atom stereocenters. The number of ether oxygens (including phenoxy) is 3. The van der Waals surface area contributed by atoms with Gasteiger partial charge in [0.1, 0.15) is 5.75 Å². The lowest BCUT2D eigenvalue weighted by Crippen LogP contribution is -2.34. The van der Waals surface area contributed by atoms with Crippen molar-refractivity contribution in [1.29, 1.82) is 0 Å². The predicted molar refractivity (Wildman–Crippen MR) is 123 cm³/mol. The molecule has 0 amide bonds. The molecule has 8 heteroatoms. The van der Waals surface area contributed by atoms with Gasteiger partial charge in [0.05, 0.1) is 37.2 Å². The Kier molecular flexibility index (Phi) is 6.40. The molecule has 2 aromatic carbocycles. The van der Waals surface area contributed by atoms with Crippen LogP contribution in [0.3, 0.4) is 0 Å². The van der Waals surface area contributed by atoms with Crippen LogP contribution in [0.5, 0.6) is 5.75 Å². The SMILES string of the molecule is Clc1ccc(C2(Cn3ccnc3)OCC(CCOc3ccc4c(c3)CCNC4)O2)c(Cl)c1. The lowest BCUT2D eigenvalue weighted by atomic mass is 10.0. The lowest BCUT2D eigenvalue weighted by Gasteiger charge is -2.30. The van der Waals surface area contributed by atoms with Gasteiger partial charge in [0.2, 0.25) is 5.79 Å². The summed E-state index contributed by atoms with van der Waals surface area (Å²) in [5.74, 6) is -0.110. The van der Waals surface area contributed by atoms with Crippen LogP contribution in [0.1, 0.15) is 23.1 Å². The quantitative estimate of drug-likeness (QED) is 0.544. The zero-order chi connectivity index (χ0) is 22.0. The van der Waals surface area contributed by atoms with Crippen LogP contribution in [0.4, 0.5) is 0 Å². The van der Waals surface area contributed by atoms with Crippen molar-refractivity contribution in [2.45, 2.75) is 37.8 Å². The van der Waals surface area contributed by atoms with E-state index in [1.807, 2.05) is 22.9 Å². The molecule has 0 aliphatic carbocycles. The van der Waals surface area contributed by atoms with Crippen molar-refractivity contribution in [3.05, 3.63) is 81.9 Å². The summed E-state index contributed by atoms with van der Waals surface area (Å²) >= 11 is 12.6. The Labute approximate surface area is 197 Å². The molecular weight excluding hydrogens is 449 g/mol. The third-order valence-corrected chi connectivity index (χ3v) is 6.47. The van der Waals surface area contributed by atoms with Gasteiger partial charge in [-0.1, -0.05) is 35.3 Å². The Morgan fingerprint density at radius 3 is 2.97 bits per heavy atom. The maximum atomic E-state index is 6.53. The summed E-state index contributed by atoms with van der Waals surface area (Å²) < 4.78 is 20.7. The van der Waals surface area contributed by atoms with Crippen molar-refractivity contribution in [3.63, 3.8) is 0 Å². The fourth-order valence-electron chi connectivity index (χ4n) is 4.29. The molecule has 0 saturated carbocycles. The minimum absolute atomic E-state index is 0.118. The molecule has 5 rings (SSSR count). The maximum absolute atomic E-state index is 6.53. The number of halogens is 2. The summed E-state index contributed by atoms with van der Waals surface area (Å²) in [7, 11) is 0. The molecule has 0 radical (unpaired) electrons. The van der Waals surface area contributed by atoms with Gasteiger partial charge in [-0.15, -0.1) is 0 Å². The van der Waals surface area contributed by atoms with Crippen molar-refractivity contribution in [2.75, 3.05) is 19.8 Å². The topological polar surface area (TPSA) is 57.5 Å². The highest BCUT2D eigenvalue weighted by atomic mass is 35.5. The van der Waals surface area contributed by atoms with Crippen molar-refractivity contribution in [3.8, 4) is 5.75 Å². The molecule has 1 saturated heterocycles. The number of nitrogens with zero attached hydrogens (tertiary/aromatic N) is 2. The van der Waals surface area contributed by atoms with Crippen LogP contribution in [-0.4, -0.2) is 35.4 Å². The van der Waals surface area contributed by atoms with Gasteiger partial charge >= 0.3 is 0 Å². The maximum Gasteiger partial charge on any atom is 0.215 e. The van der Waals surface area contributed by atoms with Gasteiger partial charge in [-0.25, -0.2) is 4.98 Å². The molecule has 0 spiro atoms. The third-order valence-electron chi connectivity index (χ3n) is 5.92. The van der Waals surface area contributed by atoms with E-state index in [4.69, 9.17) is 37.4 Å². The molecule has 168 valence electrons. The first-order chi connectivity index (χ1) is 15.6. The second-order valence-corrected chi connectivity index (χ2v) is 9.00. The van der Waals surface area contributed by atoms with Gasteiger partial charge in [-0.3, -0.25) is 0 Å². The Morgan fingerprint density at radius 1 is 1.19 bits per heavy atom. The van der Waals surface area contributed by atoms with E-state index < -0.39 is 5.79 Å². The number of hydrogen-bond donors (Lipinski definition) is 1. The summed E-state index contributed by atoms with van der Waals surface area (Å²) in [6, 6.07) is 11.7. The molecule has 32 heavy (non-hydrogen) atoms. The van der Waals surface area contributed by atoms with Gasteiger partial charge in [0.15, 0.2) is 0 Å². The minimum atomic E-state index is -1.01. The van der Waals surface area contributed by atoms with E-state index in [1.54, 1.807) is 24.7 Å². The standard InChI is InChI=1S/C24H25Cl2N3O3/c25-19-2-4-22(23(26)12-19)24(15-29-9-8-28-16-29)31-14-21(32-24)6-10-30-20-3-1-18-13-27-7-5-17(18)11-20/h1-4,8-9,11-12,16,21,27H,5-7,10,13-15H2. The smallest absolute Gasteiger partial charge is 0.215 e. The number of rotatable bonds is 7. The van der Waals surface area contributed by atoms with Crippen LogP contribution < -0.4 is 10.1 Å². The van der Waals surface area contributed by atoms with Crippen LogP contribution in [0.2, 0.25) is 10.0 Å². The summed E-state index contributed by atoms with van der Waals surface area (Å²) in [5, 5.41) is 4.47. The number of hydrogen-bond acceptors (Lipinski definition) is 5. The second kappa shape index (κ2) is 9.41. The number of nitrogens with one attached hydrogen (secondary N) is 1. The minimum Gasteiger partial charge on any atom is -0.493 e. The van der Waals surface area contributed by atoms with E-state index in [0.29, 0.717) is 36.2 Å². The zero-order valence-electron chi connectivity index (χ0n) is 17.6. The van der Waals surface area contributed by atoms with Crippen LogP contribution in [-0.2, 0) is 34.8 Å². The number of aromatic nitrogens is 2. The normalized spacial score (nSPS) is 22.6. The molecule has 2 aliphatic heterocycles. The van der Waals surface area contributed by atoms with E-state index in [2.05, 4.69) is 22.4 Å². The highest BCUT2D eigenvalue weighted by molar-refractivity contribution is 6.35. The van der Waals surface area contributed by atoms with E-state index >= 15 is 0 Å². The van der Waals surface area contributed by atoms with Gasteiger partial charge in [-0.05, 0) is 48.4 Å². The highest BCUT2D eigenvalue weighted by Crippen LogP contribution is 2.41. The molecule has 2 unspecified atom stereocenters. The third kappa shape index (κ3) is 4.65. The summed E-state index contributed by atoms with van der Waals surface area (Å²) in [4.78, 5) is 4.13. The van der Waals surface area contributed by atoms with Crippen molar-refractivity contribution in [1.82, 2.24) is 14.9 Å². The Balaban J connectivity index is 1.26. The first-order valence-electron chi connectivity index (χ1n) is 10.8. The average Bonchev–Trinajstić information content (AvgIpc) is 3.44. The molecule has 0 bridgehead atoms. The highest BCUT2D eigenvalue weighted by Gasteiger charge is 2.45. The Bertz CT molecular complexity index is 1080. The van der Waals surface area contributed by atoms with Gasteiger partial charge < -0.3 is 24.1 Å². The van der Waals surface area contributed by atoms with Gasteiger partial charge in [-0.2, -0.15) is 0 Å². The fourth-order valence-corrected chi connectivity index (χ4v) is 4.84. The van der Waals surface area contributed by atoms with Crippen LogP contribution >= 0.6 is 23.2 Å². The van der Waals surface area contributed by atoms with E-state index in [0.717, 1.165) is 30.8 Å². The van der Waals surface area contributed by atoms with Gasteiger partial charge in [0.25, 0.3) is 0 Å². The molecule has 3 aromatic rings. The monoisotopic (exact) mass is 473 g/mol. The molecule has 1 fully saturated rings. The molecule has 1 N–H and O–H groups in total. The van der Waals surface area contributed by atoms with Crippen LogP contribution in [0, 0.1) is 0 Å². The summed E-state index contributed by atoms with van der Waals surface area (Å²) in [6.45, 7) is 3.36. The lowest BCUT2D eigenvalue weighted by molar-refractivity contribution is -0.187. The second-order valence-electron chi connectivity index (χ2n) is 8.16. The first kappa shape index (κ1) is 21.7. The largest absolute Gasteiger partial charge is 0.493 e. The first-order valence-corrected chi connectivity index (χ1v) is 11.6. The number of imidazole rings is 1. The van der Waals surface area contributed by atoms with Gasteiger partial charge in [0, 0.05) is 35.9 Å². The number of fused-ring (bicyclic) bond motifs is 1. The number of benzene rings is 2. The van der Waals surface area contributed by atoms with Crippen LogP contribution in [0.15, 0.2) is 55.1 Å². The van der Waals surface area contributed by atoms with Crippen molar-refractivity contribution in [2.24, 2.45) is 0 Å². The van der Waals surface area contributed by atoms with E-state index in [9.17, 15) is 0 Å². The zero-order valence-corrected chi connectivity index (χ0v) is 19.1. The van der Waals surface area contributed by atoms with Crippen molar-refractivity contribution >= 4 is 23.2 Å². The average molecular weight is 474 g/mol. The van der Waals surface area contributed by atoms with Crippen molar-refractivity contribution < 1.29 is 14.2 Å². The summed E-state index contributed by atoms with van der Waals surface area (Å²) in [5.41, 5.74) is 3.46. The van der Waals surface area contributed by atoms with Crippen LogP contribution in [0.25, 0.3) is 0 Å². The summed E-state index contributed by atoms with van der Waals surface area (Å²) in [6.07, 6.45) is 6.96. The molecule has 3 heterocycles. The Morgan fingerprint density at radius 2 is 2.12 bits per heavy atom. The van der Waals surface area contributed by atoms with E-state index in [-0.39, 0.29) is 6.10 Å². The molecular formula is C24H25Cl2N3O3. The fraction of sp³-hybridized carbons (Fsp3) is 0.375.